The molecule has 1 aromatic carbocycles. The number of nitrogens with one attached hydrogen (secondary N) is 1. The lowest BCUT2D eigenvalue weighted by Crippen LogP contribution is -2.42. The van der Waals surface area contributed by atoms with E-state index in [2.05, 4.69) is 18.3 Å². The molecule has 1 aliphatic heterocycles. The van der Waals surface area contributed by atoms with Gasteiger partial charge in [0.05, 0.1) is 20.3 Å². The Bertz CT molecular complexity index is 873. The third-order valence-electron chi connectivity index (χ3n) is 6.17. The molecule has 2 aliphatic rings. The molecule has 2 aromatic rings. The van der Waals surface area contributed by atoms with E-state index in [0.717, 1.165) is 50.1 Å². The van der Waals surface area contributed by atoms with Crippen molar-refractivity contribution in [1.29, 1.82) is 0 Å². The van der Waals surface area contributed by atoms with Crippen molar-refractivity contribution in [1.82, 2.24) is 20.0 Å². The van der Waals surface area contributed by atoms with Crippen LogP contribution in [0.4, 0.5) is 0 Å². The fourth-order valence-electron chi connectivity index (χ4n) is 4.53. The quantitative estimate of drug-likeness (QED) is 0.754. The molecule has 7 heteroatoms. The van der Waals surface area contributed by atoms with Crippen LogP contribution in [-0.4, -0.2) is 66.6 Å². The van der Waals surface area contributed by atoms with E-state index in [1.54, 1.807) is 7.11 Å². The van der Waals surface area contributed by atoms with Gasteiger partial charge in [-0.05, 0) is 50.8 Å². The van der Waals surface area contributed by atoms with Crippen LogP contribution in [0.25, 0.3) is 0 Å². The summed E-state index contributed by atoms with van der Waals surface area (Å²) in [6.45, 7) is 6.28. The van der Waals surface area contributed by atoms with E-state index in [-0.39, 0.29) is 5.91 Å². The van der Waals surface area contributed by atoms with Gasteiger partial charge in [0, 0.05) is 36.9 Å². The number of para-hydroxylation sites is 1. The second-order valence-corrected chi connectivity index (χ2v) is 7.95. The van der Waals surface area contributed by atoms with Crippen molar-refractivity contribution in [2.75, 3.05) is 40.0 Å². The normalized spacial score (nSPS) is 18.9. The zero-order valence-corrected chi connectivity index (χ0v) is 18.0. The van der Waals surface area contributed by atoms with E-state index in [9.17, 15) is 4.79 Å². The summed E-state index contributed by atoms with van der Waals surface area (Å²) in [5.74, 6) is 0.990. The third-order valence-corrected chi connectivity index (χ3v) is 6.17. The lowest BCUT2D eigenvalue weighted by Gasteiger charge is -2.28. The summed E-state index contributed by atoms with van der Waals surface area (Å²) >= 11 is 0. The minimum absolute atomic E-state index is 0.0522. The molecule has 0 bridgehead atoms. The maximum Gasteiger partial charge on any atom is 0.274 e. The van der Waals surface area contributed by atoms with Crippen molar-refractivity contribution < 1.29 is 14.3 Å². The Labute approximate surface area is 178 Å². The van der Waals surface area contributed by atoms with E-state index >= 15 is 0 Å². The van der Waals surface area contributed by atoms with E-state index < -0.39 is 0 Å². The van der Waals surface area contributed by atoms with Gasteiger partial charge in [-0.15, -0.1) is 0 Å². The number of fused-ring (bicyclic) bond motifs is 1. The number of methoxy groups -OCH3 is 1. The molecular formula is C23H32N4O3. The Kier molecular flexibility index (Phi) is 6.69. The highest BCUT2D eigenvalue weighted by atomic mass is 16.5. The second-order valence-electron chi connectivity index (χ2n) is 7.95. The van der Waals surface area contributed by atoms with E-state index in [1.807, 2.05) is 27.8 Å². The molecule has 1 N–H and O–H groups in total. The summed E-state index contributed by atoms with van der Waals surface area (Å²) in [6.07, 6.45) is 3.79. The molecule has 1 fully saturated rings. The van der Waals surface area contributed by atoms with Crippen molar-refractivity contribution in [2.45, 2.75) is 45.2 Å². The predicted molar refractivity (Wildman–Crippen MR) is 115 cm³/mol. The predicted octanol–water partition coefficient (Wildman–Crippen LogP) is 2.07. The summed E-state index contributed by atoms with van der Waals surface area (Å²) in [4.78, 5) is 15.0. The number of aryl methyl sites for hydroxylation is 1. The fraction of sp³-hybridized carbons (Fsp3) is 0.565. The summed E-state index contributed by atoms with van der Waals surface area (Å²) in [7, 11) is 1.72. The van der Waals surface area contributed by atoms with Gasteiger partial charge in [-0.1, -0.05) is 18.2 Å². The fourth-order valence-corrected chi connectivity index (χ4v) is 4.53. The number of benzene rings is 1. The first kappa shape index (κ1) is 20.9. The monoisotopic (exact) mass is 412 g/mol. The summed E-state index contributed by atoms with van der Waals surface area (Å²) in [5.41, 5.74) is 4.22. The topological polar surface area (TPSA) is 68.6 Å². The number of hydrogen-bond donors (Lipinski definition) is 1. The van der Waals surface area contributed by atoms with Crippen LogP contribution in [0.3, 0.4) is 0 Å². The van der Waals surface area contributed by atoms with Gasteiger partial charge in [0.25, 0.3) is 5.91 Å². The van der Waals surface area contributed by atoms with Crippen LogP contribution in [0.2, 0.25) is 0 Å². The molecule has 162 valence electrons. The molecule has 1 aliphatic carbocycles. The molecule has 0 spiro atoms. The van der Waals surface area contributed by atoms with Crippen molar-refractivity contribution >= 4 is 5.91 Å². The number of nitrogens with zero attached hydrogens (tertiary/aromatic N) is 3. The molecule has 30 heavy (non-hydrogen) atoms. The van der Waals surface area contributed by atoms with Crippen LogP contribution in [0.5, 0.6) is 5.75 Å². The maximum atomic E-state index is 13.1. The SMILES string of the molecule is CCn1nc(C(=O)N2CCOCC2)c2c1CCC(NCCc1ccccc1OC)C2. The van der Waals surface area contributed by atoms with E-state index in [0.29, 0.717) is 38.0 Å². The van der Waals surface area contributed by atoms with Crippen molar-refractivity contribution in [3.63, 3.8) is 0 Å². The highest BCUT2D eigenvalue weighted by Crippen LogP contribution is 2.26. The van der Waals surface area contributed by atoms with Gasteiger partial charge in [0.1, 0.15) is 5.75 Å². The van der Waals surface area contributed by atoms with Gasteiger partial charge in [0.15, 0.2) is 5.69 Å². The van der Waals surface area contributed by atoms with Crippen molar-refractivity contribution in [2.24, 2.45) is 0 Å². The molecule has 1 unspecified atom stereocenters. The van der Waals surface area contributed by atoms with Gasteiger partial charge in [-0.25, -0.2) is 0 Å². The first-order chi connectivity index (χ1) is 14.7. The largest absolute Gasteiger partial charge is 0.496 e. The molecule has 0 saturated carbocycles. The molecule has 2 heterocycles. The van der Waals surface area contributed by atoms with Crippen LogP contribution < -0.4 is 10.1 Å². The molecule has 1 aromatic heterocycles. The maximum absolute atomic E-state index is 13.1. The van der Waals surface area contributed by atoms with Gasteiger partial charge in [-0.3, -0.25) is 9.48 Å². The average molecular weight is 413 g/mol. The highest BCUT2D eigenvalue weighted by molar-refractivity contribution is 5.94. The third kappa shape index (κ3) is 4.37. The standard InChI is InChI=1S/C23H32N4O3/c1-3-27-20-9-8-18(24-11-10-17-6-4-5-7-21(17)29-2)16-19(20)22(25-27)23(28)26-12-14-30-15-13-26/h4-7,18,24H,3,8-16H2,1-2H3. The number of hydrogen-bond acceptors (Lipinski definition) is 5. The Hall–Kier alpha value is -2.38. The van der Waals surface area contributed by atoms with Crippen molar-refractivity contribution in [3.05, 3.63) is 46.8 Å². The minimum atomic E-state index is 0.0522. The van der Waals surface area contributed by atoms with Crippen molar-refractivity contribution in [3.8, 4) is 5.75 Å². The number of amides is 1. The Balaban J connectivity index is 1.43. The van der Waals surface area contributed by atoms with Crippen LogP contribution in [-0.2, 0) is 30.5 Å². The van der Waals surface area contributed by atoms with Gasteiger partial charge in [0.2, 0.25) is 0 Å². The minimum Gasteiger partial charge on any atom is -0.496 e. The lowest BCUT2D eigenvalue weighted by atomic mass is 9.91. The highest BCUT2D eigenvalue weighted by Gasteiger charge is 2.31. The molecule has 1 saturated heterocycles. The molecule has 0 radical (unpaired) electrons. The van der Waals surface area contributed by atoms with Crippen LogP contribution >= 0.6 is 0 Å². The lowest BCUT2D eigenvalue weighted by molar-refractivity contribution is 0.0297. The molecular weight excluding hydrogens is 380 g/mol. The van der Waals surface area contributed by atoms with Crippen LogP contribution in [0.1, 0.15) is 40.7 Å². The van der Waals surface area contributed by atoms with Gasteiger partial charge < -0.3 is 19.7 Å². The Morgan fingerprint density at radius 3 is 2.87 bits per heavy atom. The summed E-state index contributed by atoms with van der Waals surface area (Å²) < 4.78 is 12.9. The van der Waals surface area contributed by atoms with Crippen LogP contribution in [0.15, 0.2) is 24.3 Å². The molecule has 1 atom stereocenters. The summed E-state index contributed by atoms with van der Waals surface area (Å²) in [6, 6.07) is 8.52. The number of carbonyl (C=O) groups excluding carboxylic acids is 1. The first-order valence-electron chi connectivity index (χ1n) is 11.0. The summed E-state index contributed by atoms with van der Waals surface area (Å²) in [5, 5.41) is 8.41. The van der Waals surface area contributed by atoms with Crippen LogP contribution in [0, 0.1) is 0 Å². The van der Waals surface area contributed by atoms with E-state index in [1.165, 1.54) is 11.3 Å². The molecule has 7 nitrogen and oxygen atoms in total. The average Bonchev–Trinajstić information content (AvgIpc) is 3.17. The number of aromatic nitrogens is 2. The Morgan fingerprint density at radius 2 is 2.10 bits per heavy atom. The second kappa shape index (κ2) is 9.62. The number of carbonyl (C=O) groups is 1. The molecule has 4 rings (SSSR count). The smallest absolute Gasteiger partial charge is 0.274 e. The van der Waals surface area contributed by atoms with Gasteiger partial charge >= 0.3 is 0 Å². The Morgan fingerprint density at radius 1 is 1.30 bits per heavy atom. The number of morpholine rings is 1. The zero-order chi connectivity index (χ0) is 20.9. The van der Waals surface area contributed by atoms with Gasteiger partial charge in [-0.2, -0.15) is 5.10 Å². The first-order valence-corrected chi connectivity index (χ1v) is 11.0. The zero-order valence-electron chi connectivity index (χ0n) is 18.0. The van der Waals surface area contributed by atoms with E-state index in [4.69, 9.17) is 14.6 Å². The number of ether oxygens (including phenoxy) is 2. The number of rotatable bonds is 7. The molecule has 1 amide bonds.